The van der Waals surface area contributed by atoms with Gasteiger partial charge in [0.25, 0.3) is 5.91 Å². The predicted molar refractivity (Wildman–Crippen MR) is 91.6 cm³/mol. The largest absolute Gasteiger partial charge is 0.467 e. The van der Waals surface area contributed by atoms with Gasteiger partial charge < -0.3 is 10.1 Å². The van der Waals surface area contributed by atoms with E-state index in [1.807, 2.05) is 12.1 Å². The monoisotopic (exact) mass is 391 g/mol. The van der Waals surface area contributed by atoms with Gasteiger partial charge in [-0.1, -0.05) is 15.9 Å². The van der Waals surface area contributed by atoms with E-state index in [4.69, 9.17) is 0 Å². The Hall–Kier alpha value is -2.81. The van der Waals surface area contributed by atoms with Gasteiger partial charge in [0.15, 0.2) is 6.04 Å². The highest BCUT2D eigenvalue weighted by atomic mass is 79.9. The van der Waals surface area contributed by atoms with Crippen LogP contribution in [0.2, 0.25) is 0 Å². The summed E-state index contributed by atoms with van der Waals surface area (Å²) in [5.74, 6) is -1.22. The van der Waals surface area contributed by atoms with Gasteiger partial charge >= 0.3 is 5.97 Å². The number of amides is 1. The van der Waals surface area contributed by atoms with Gasteiger partial charge in [-0.05, 0) is 24.3 Å². The van der Waals surface area contributed by atoms with Crippen molar-refractivity contribution in [3.05, 3.63) is 53.0 Å². The van der Waals surface area contributed by atoms with Crippen LogP contribution in [0, 0.1) is 0 Å². The summed E-state index contributed by atoms with van der Waals surface area (Å²) in [5.41, 5.74) is 3.56. The molecule has 2 rings (SSSR count). The second kappa shape index (κ2) is 8.73. The SMILES string of the molecule is COC(=O)C(/C=N/Nc1ccc(Br)cc1)NC(=O)c1cnccn1. The second-order valence-corrected chi connectivity index (χ2v) is 5.38. The van der Waals surface area contributed by atoms with Crippen molar-refractivity contribution >= 4 is 39.7 Å². The molecule has 2 aromatic rings. The zero-order valence-electron chi connectivity index (χ0n) is 12.6. The summed E-state index contributed by atoms with van der Waals surface area (Å²) in [5, 5.41) is 6.41. The molecule has 0 radical (unpaired) electrons. The Morgan fingerprint density at radius 3 is 2.67 bits per heavy atom. The zero-order chi connectivity index (χ0) is 17.4. The molecule has 1 heterocycles. The first-order valence-electron chi connectivity index (χ1n) is 6.79. The van der Waals surface area contributed by atoms with Crippen LogP contribution in [0.25, 0.3) is 0 Å². The normalized spacial score (nSPS) is 11.8. The number of halogens is 1. The highest BCUT2D eigenvalue weighted by Gasteiger charge is 2.21. The lowest BCUT2D eigenvalue weighted by atomic mass is 10.3. The first-order valence-corrected chi connectivity index (χ1v) is 7.59. The average molecular weight is 392 g/mol. The van der Waals surface area contributed by atoms with Gasteiger partial charge in [0.05, 0.1) is 25.2 Å². The van der Waals surface area contributed by atoms with Gasteiger partial charge in [-0.15, -0.1) is 0 Å². The first-order chi connectivity index (χ1) is 11.6. The molecule has 0 fully saturated rings. The molecular weight excluding hydrogens is 378 g/mol. The van der Waals surface area contributed by atoms with Gasteiger partial charge in [0.2, 0.25) is 0 Å². The van der Waals surface area contributed by atoms with Gasteiger partial charge in [0, 0.05) is 16.9 Å². The van der Waals surface area contributed by atoms with Gasteiger partial charge in [-0.2, -0.15) is 5.10 Å². The number of rotatable bonds is 6. The third kappa shape index (κ3) is 5.13. The summed E-state index contributed by atoms with van der Waals surface area (Å²) < 4.78 is 5.58. The number of nitrogens with zero attached hydrogens (tertiary/aromatic N) is 3. The molecule has 9 heteroatoms. The van der Waals surface area contributed by atoms with Crippen LogP contribution in [0.1, 0.15) is 10.5 Å². The maximum atomic E-state index is 12.0. The van der Waals surface area contributed by atoms with Crippen LogP contribution >= 0.6 is 15.9 Å². The summed E-state index contributed by atoms with van der Waals surface area (Å²) in [4.78, 5) is 31.5. The van der Waals surface area contributed by atoms with Crippen LogP contribution in [0.3, 0.4) is 0 Å². The Kier molecular flexibility index (Phi) is 6.38. The zero-order valence-corrected chi connectivity index (χ0v) is 14.2. The molecule has 1 atom stereocenters. The number of esters is 1. The average Bonchev–Trinajstić information content (AvgIpc) is 2.62. The van der Waals surface area contributed by atoms with Crippen molar-refractivity contribution in [2.75, 3.05) is 12.5 Å². The van der Waals surface area contributed by atoms with Crippen molar-refractivity contribution < 1.29 is 14.3 Å². The molecule has 0 bridgehead atoms. The number of carbonyl (C=O) groups is 2. The number of hydrogen-bond donors (Lipinski definition) is 2. The lowest BCUT2D eigenvalue weighted by Gasteiger charge is -2.11. The van der Waals surface area contributed by atoms with Crippen molar-refractivity contribution in [3.63, 3.8) is 0 Å². The van der Waals surface area contributed by atoms with Gasteiger partial charge in [-0.3, -0.25) is 15.2 Å². The summed E-state index contributed by atoms with van der Waals surface area (Å²) in [6.45, 7) is 0. The summed E-state index contributed by atoms with van der Waals surface area (Å²) in [7, 11) is 1.22. The van der Waals surface area contributed by atoms with Crippen molar-refractivity contribution in [2.45, 2.75) is 6.04 Å². The molecule has 0 saturated heterocycles. The Balaban J connectivity index is 2.02. The van der Waals surface area contributed by atoms with Crippen LogP contribution in [0.15, 0.2) is 52.4 Å². The van der Waals surface area contributed by atoms with E-state index < -0.39 is 17.9 Å². The Morgan fingerprint density at radius 1 is 1.29 bits per heavy atom. The predicted octanol–water partition coefficient (Wildman–Crippen LogP) is 1.61. The number of nitrogens with one attached hydrogen (secondary N) is 2. The van der Waals surface area contributed by atoms with E-state index in [1.165, 1.54) is 31.9 Å². The summed E-state index contributed by atoms with van der Waals surface area (Å²) in [6, 6.07) is 6.21. The molecule has 24 heavy (non-hydrogen) atoms. The number of carbonyl (C=O) groups excluding carboxylic acids is 2. The fourth-order valence-corrected chi connectivity index (χ4v) is 1.89. The quantitative estimate of drug-likeness (QED) is 0.440. The molecular formula is C15H14BrN5O3. The van der Waals surface area contributed by atoms with E-state index in [-0.39, 0.29) is 5.69 Å². The minimum Gasteiger partial charge on any atom is -0.467 e. The second-order valence-electron chi connectivity index (χ2n) is 4.46. The number of methoxy groups -OCH3 is 1. The van der Waals surface area contributed by atoms with Crippen LogP contribution in [-0.4, -0.2) is 41.2 Å². The minimum absolute atomic E-state index is 0.0840. The van der Waals surface area contributed by atoms with E-state index in [0.29, 0.717) is 0 Å². The molecule has 0 aliphatic rings. The first kappa shape index (κ1) is 17.5. The molecule has 1 amide bonds. The van der Waals surface area contributed by atoms with Crippen LogP contribution in [0.4, 0.5) is 5.69 Å². The van der Waals surface area contributed by atoms with Crippen LogP contribution in [-0.2, 0) is 9.53 Å². The van der Waals surface area contributed by atoms with Crippen LogP contribution < -0.4 is 10.7 Å². The standard InChI is InChI=1S/C15H14BrN5O3/c1-24-15(23)13(20-14(22)12-8-17-6-7-18-12)9-19-21-11-4-2-10(16)3-5-11/h2-9,13,21H,1H3,(H,20,22)/b19-9+. The van der Waals surface area contributed by atoms with Gasteiger partial charge in [-0.25, -0.2) is 9.78 Å². The maximum Gasteiger partial charge on any atom is 0.334 e. The van der Waals surface area contributed by atoms with Crippen molar-refractivity contribution in [1.82, 2.24) is 15.3 Å². The molecule has 1 aromatic carbocycles. The number of hydrogen-bond acceptors (Lipinski definition) is 7. The molecule has 0 aliphatic heterocycles. The van der Waals surface area contributed by atoms with Crippen molar-refractivity contribution in [2.24, 2.45) is 5.10 Å². The Labute approximate surface area is 146 Å². The van der Waals surface area contributed by atoms with E-state index in [2.05, 4.69) is 46.5 Å². The van der Waals surface area contributed by atoms with E-state index in [9.17, 15) is 9.59 Å². The van der Waals surface area contributed by atoms with Crippen molar-refractivity contribution in [1.29, 1.82) is 0 Å². The molecule has 1 unspecified atom stereocenters. The highest BCUT2D eigenvalue weighted by Crippen LogP contribution is 2.13. The third-order valence-corrected chi connectivity index (χ3v) is 3.33. The van der Waals surface area contributed by atoms with Gasteiger partial charge in [0.1, 0.15) is 5.69 Å². The lowest BCUT2D eigenvalue weighted by Crippen LogP contribution is -2.43. The Bertz CT molecular complexity index is 722. The number of ether oxygens (including phenoxy) is 1. The smallest absolute Gasteiger partial charge is 0.334 e. The fourth-order valence-electron chi connectivity index (χ4n) is 1.63. The molecule has 2 N–H and O–H groups in total. The van der Waals surface area contributed by atoms with Crippen LogP contribution in [0.5, 0.6) is 0 Å². The van der Waals surface area contributed by atoms with E-state index in [1.54, 1.807) is 12.1 Å². The number of aromatic nitrogens is 2. The molecule has 8 nitrogen and oxygen atoms in total. The Morgan fingerprint density at radius 2 is 2.04 bits per heavy atom. The molecule has 0 spiro atoms. The van der Waals surface area contributed by atoms with E-state index in [0.717, 1.165) is 10.2 Å². The van der Waals surface area contributed by atoms with Crippen molar-refractivity contribution in [3.8, 4) is 0 Å². The summed E-state index contributed by atoms with van der Waals surface area (Å²) >= 11 is 3.33. The fraction of sp³-hybridized carbons (Fsp3) is 0.133. The molecule has 0 saturated carbocycles. The topological polar surface area (TPSA) is 106 Å². The summed E-state index contributed by atoms with van der Waals surface area (Å²) in [6.07, 6.45) is 5.35. The molecule has 1 aromatic heterocycles. The molecule has 124 valence electrons. The van der Waals surface area contributed by atoms with E-state index >= 15 is 0 Å². The number of hydrazone groups is 1. The maximum absolute atomic E-state index is 12.0. The minimum atomic E-state index is -1.06. The highest BCUT2D eigenvalue weighted by molar-refractivity contribution is 9.10. The molecule has 0 aliphatic carbocycles. The number of benzene rings is 1. The number of anilines is 1. The third-order valence-electron chi connectivity index (χ3n) is 2.80. The lowest BCUT2D eigenvalue weighted by molar-refractivity contribution is -0.140.